The fraction of sp³-hybridized carbons (Fsp3) is 0.375. The highest BCUT2D eigenvalue weighted by Gasteiger charge is 2.37. The molecular formula is C24H25N3O4S. The zero-order valence-corrected chi connectivity index (χ0v) is 19.0. The zero-order chi connectivity index (χ0) is 22.6. The van der Waals surface area contributed by atoms with Crippen LogP contribution in [0.4, 0.5) is 10.7 Å². The van der Waals surface area contributed by atoms with Crippen molar-refractivity contribution in [2.75, 3.05) is 5.32 Å². The number of carbonyl (C=O) groups is 1. The van der Waals surface area contributed by atoms with Crippen LogP contribution in [0.25, 0.3) is 11.3 Å². The molecular weight excluding hydrogens is 426 g/mol. The van der Waals surface area contributed by atoms with Crippen LogP contribution in [-0.2, 0) is 12.8 Å². The smallest absolute Gasteiger partial charge is 0.270 e. The van der Waals surface area contributed by atoms with E-state index in [2.05, 4.69) is 31.4 Å². The van der Waals surface area contributed by atoms with Crippen molar-refractivity contribution in [1.82, 2.24) is 5.32 Å². The first-order valence-electron chi connectivity index (χ1n) is 10.8. The molecule has 5 rings (SSSR count). The normalized spacial score (nSPS) is 20.2. The molecule has 0 radical (unpaired) electrons. The Morgan fingerprint density at radius 1 is 1.19 bits per heavy atom. The van der Waals surface area contributed by atoms with Crippen LogP contribution in [0, 0.1) is 21.4 Å². The van der Waals surface area contributed by atoms with Crippen LogP contribution in [0.2, 0.25) is 0 Å². The minimum Gasteiger partial charge on any atom is -0.457 e. The summed E-state index contributed by atoms with van der Waals surface area (Å²) in [7, 11) is 0. The monoisotopic (exact) mass is 451 g/mol. The van der Waals surface area contributed by atoms with Crippen LogP contribution >= 0.6 is 11.3 Å². The van der Waals surface area contributed by atoms with E-state index in [-0.39, 0.29) is 17.0 Å². The van der Waals surface area contributed by atoms with E-state index in [9.17, 15) is 14.9 Å². The number of nitrogens with one attached hydrogen (secondary N) is 2. The number of furan rings is 1. The van der Waals surface area contributed by atoms with Crippen LogP contribution in [-0.4, -0.2) is 10.8 Å². The predicted octanol–water partition coefficient (Wildman–Crippen LogP) is 5.92. The van der Waals surface area contributed by atoms with Gasteiger partial charge in [-0.25, -0.2) is 0 Å². The third kappa shape index (κ3) is 3.58. The van der Waals surface area contributed by atoms with Gasteiger partial charge < -0.3 is 15.1 Å². The highest BCUT2D eigenvalue weighted by molar-refractivity contribution is 7.16. The summed E-state index contributed by atoms with van der Waals surface area (Å²) in [6, 6.07) is 9.88. The average Bonchev–Trinajstić information content (AvgIpc) is 3.37. The third-order valence-electron chi connectivity index (χ3n) is 6.52. The third-order valence-corrected chi connectivity index (χ3v) is 7.71. The first kappa shape index (κ1) is 20.8. The lowest BCUT2D eigenvalue weighted by molar-refractivity contribution is -0.384. The minimum absolute atomic E-state index is 0.00640. The molecule has 0 unspecified atom stereocenters. The largest absolute Gasteiger partial charge is 0.457 e. The molecule has 2 N–H and O–H groups in total. The highest BCUT2D eigenvalue weighted by Crippen LogP contribution is 2.46. The lowest BCUT2D eigenvalue weighted by Crippen LogP contribution is -2.38. The number of non-ortho nitro benzene ring substituents is 1. The summed E-state index contributed by atoms with van der Waals surface area (Å²) in [5.74, 6) is 1.61. The molecule has 166 valence electrons. The van der Waals surface area contributed by atoms with Crippen LogP contribution in [0.1, 0.15) is 59.9 Å². The molecule has 3 heterocycles. The van der Waals surface area contributed by atoms with E-state index >= 15 is 0 Å². The number of rotatable bonds is 3. The Bertz CT molecular complexity index is 1220. The Hall–Kier alpha value is -3.13. The van der Waals surface area contributed by atoms with E-state index in [4.69, 9.17) is 4.42 Å². The van der Waals surface area contributed by atoms with E-state index in [0.717, 1.165) is 29.8 Å². The van der Waals surface area contributed by atoms with Crippen molar-refractivity contribution in [2.45, 2.75) is 46.2 Å². The molecule has 2 atom stereocenters. The van der Waals surface area contributed by atoms with Gasteiger partial charge in [0.05, 0.1) is 10.5 Å². The Morgan fingerprint density at radius 3 is 2.75 bits per heavy atom. The van der Waals surface area contributed by atoms with E-state index in [1.807, 2.05) is 0 Å². The van der Waals surface area contributed by atoms with E-state index in [1.54, 1.807) is 35.6 Å². The number of fused-ring (bicyclic) bond motifs is 3. The second-order valence-electron chi connectivity index (χ2n) is 9.57. The van der Waals surface area contributed by atoms with Crippen molar-refractivity contribution >= 4 is 27.9 Å². The first-order valence-corrected chi connectivity index (χ1v) is 11.6. The highest BCUT2D eigenvalue weighted by atomic mass is 32.1. The van der Waals surface area contributed by atoms with Crippen LogP contribution < -0.4 is 10.6 Å². The number of hydrogen-bond acceptors (Lipinski definition) is 6. The summed E-state index contributed by atoms with van der Waals surface area (Å²) >= 11 is 1.68. The Balaban J connectivity index is 1.40. The van der Waals surface area contributed by atoms with Gasteiger partial charge >= 0.3 is 0 Å². The quantitative estimate of drug-likeness (QED) is 0.380. The number of hydrogen-bond donors (Lipinski definition) is 2. The fourth-order valence-corrected chi connectivity index (χ4v) is 5.97. The minimum atomic E-state index is -0.485. The number of nitro benzene ring substituents is 1. The lowest BCUT2D eigenvalue weighted by atomic mass is 9.72. The molecule has 7 nitrogen and oxygen atoms in total. The summed E-state index contributed by atoms with van der Waals surface area (Å²) in [6.45, 7) is 6.85. The number of carbonyl (C=O) groups excluding carboxylic acids is 1. The number of benzene rings is 1. The molecule has 2 aromatic heterocycles. The molecule has 1 aliphatic heterocycles. The van der Waals surface area contributed by atoms with Crippen molar-refractivity contribution in [3.63, 3.8) is 0 Å². The van der Waals surface area contributed by atoms with E-state index < -0.39 is 11.1 Å². The molecule has 0 spiro atoms. The molecule has 0 saturated heterocycles. The van der Waals surface area contributed by atoms with Crippen LogP contribution in [0.15, 0.2) is 40.8 Å². The molecule has 2 aliphatic rings. The van der Waals surface area contributed by atoms with Gasteiger partial charge in [-0.2, -0.15) is 0 Å². The molecule has 0 fully saturated rings. The van der Waals surface area contributed by atoms with Gasteiger partial charge in [0.15, 0.2) is 6.17 Å². The molecule has 1 aromatic carbocycles. The van der Waals surface area contributed by atoms with Crippen molar-refractivity contribution in [3.05, 3.63) is 68.3 Å². The van der Waals surface area contributed by atoms with Gasteiger partial charge in [0.25, 0.3) is 11.6 Å². The van der Waals surface area contributed by atoms with Crippen molar-refractivity contribution in [2.24, 2.45) is 11.3 Å². The number of thiophene rings is 1. The second kappa shape index (κ2) is 7.48. The molecule has 32 heavy (non-hydrogen) atoms. The van der Waals surface area contributed by atoms with Crippen molar-refractivity contribution < 1.29 is 14.1 Å². The standard InChI is InChI=1S/C24H25N3O4S/c1-24(2,3)14-7-8-16-19(12-14)32-23-20(16)22(28)25-21(26-23)18-10-9-17(31-18)13-5-4-6-15(11-13)27(29)30/h4-6,9-11,14,21,26H,7-8,12H2,1-3H3,(H,25,28)/t14-,21+/m1/s1. The maximum absolute atomic E-state index is 13.0. The second-order valence-corrected chi connectivity index (χ2v) is 10.7. The molecule has 0 bridgehead atoms. The SMILES string of the molecule is CC(C)(C)[C@@H]1CCc2c(sc3c2C(=O)N[C@H](c2ccc(-c4cccc([N+](=O)[O-])c4)o2)N3)C1. The number of nitro groups is 1. The maximum Gasteiger partial charge on any atom is 0.270 e. The van der Waals surface area contributed by atoms with Gasteiger partial charge in [-0.1, -0.05) is 32.9 Å². The molecule has 8 heteroatoms. The number of nitrogens with zero attached hydrogens (tertiary/aromatic N) is 1. The van der Waals surface area contributed by atoms with Crippen molar-refractivity contribution in [3.8, 4) is 11.3 Å². The van der Waals surface area contributed by atoms with Crippen molar-refractivity contribution in [1.29, 1.82) is 0 Å². The number of amides is 1. The van der Waals surface area contributed by atoms with Gasteiger partial charge in [-0.05, 0) is 48.3 Å². The molecule has 1 aliphatic carbocycles. The van der Waals surface area contributed by atoms with Gasteiger partial charge in [0, 0.05) is 22.6 Å². The van der Waals surface area contributed by atoms with Gasteiger partial charge in [0.1, 0.15) is 16.5 Å². The molecule has 3 aromatic rings. The van der Waals surface area contributed by atoms with Gasteiger partial charge in [-0.15, -0.1) is 11.3 Å². The van der Waals surface area contributed by atoms with E-state index in [1.165, 1.54) is 22.6 Å². The average molecular weight is 452 g/mol. The zero-order valence-electron chi connectivity index (χ0n) is 18.2. The first-order chi connectivity index (χ1) is 15.2. The maximum atomic E-state index is 13.0. The molecule has 0 saturated carbocycles. The van der Waals surface area contributed by atoms with Crippen LogP contribution in [0.5, 0.6) is 0 Å². The van der Waals surface area contributed by atoms with Gasteiger partial charge in [-0.3, -0.25) is 14.9 Å². The summed E-state index contributed by atoms with van der Waals surface area (Å²) in [5, 5.41) is 18.4. The number of anilines is 1. The summed E-state index contributed by atoms with van der Waals surface area (Å²) < 4.78 is 5.98. The van der Waals surface area contributed by atoms with E-state index in [0.29, 0.717) is 23.0 Å². The Kier molecular flexibility index (Phi) is 4.85. The Labute approximate surface area is 190 Å². The summed E-state index contributed by atoms with van der Waals surface area (Å²) in [4.78, 5) is 25.0. The fourth-order valence-electron chi connectivity index (χ4n) is 4.62. The molecule has 1 amide bonds. The summed E-state index contributed by atoms with van der Waals surface area (Å²) in [5.41, 5.74) is 2.84. The van der Waals surface area contributed by atoms with Crippen LogP contribution in [0.3, 0.4) is 0 Å². The summed E-state index contributed by atoms with van der Waals surface area (Å²) in [6.07, 6.45) is 2.55. The lowest BCUT2D eigenvalue weighted by Gasteiger charge is -2.34. The topological polar surface area (TPSA) is 97.4 Å². The predicted molar refractivity (Wildman–Crippen MR) is 124 cm³/mol. The Morgan fingerprint density at radius 2 is 2.00 bits per heavy atom. The van der Waals surface area contributed by atoms with Gasteiger partial charge in [0.2, 0.25) is 0 Å².